The lowest BCUT2D eigenvalue weighted by Gasteiger charge is -2.25. The molecule has 2 N–H and O–H groups in total. The van der Waals surface area contributed by atoms with E-state index in [9.17, 15) is 19.8 Å². The van der Waals surface area contributed by atoms with Crippen LogP contribution in [0.25, 0.3) is 0 Å². The number of ether oxygens (including phenoxy) is 4. The van der Waals surface area contributed by atoms with Gasteiger partial charge < -0.3 is 29.2 Å². The van der Waals surface area contributed by atoms with Crippen LogP contribution in [-0.4, -0.2) is 36.0 Å². The summed E-state index contributed by atoms with van der Waals surface area (Å²) in [6.07, 6.45) is -0.0677. The smallest absolute Gasteiger partial charge is 0.170 e. The third-order valence-electron chi connectivity index (χ3n) is 6.78. The summed E-state index contributed by atoms with van der Waals surface area (Å²) in [5, 5.41) is 18.8. The topological polar surface area (TPSA) is 112 Å². The first kappa shape index (κ1) is 26.6. The number of methoxy groups -OCH3 is 2. The fourth-order valence-electron chi connectivity index (χ4n) is 4.63. The molecule has 0 fully saturated rings. The van der Waals surface area contributed by atoms with E-state index < -0.39 is 0 Å². The summed E-state index contributed by atoms with van der Waals surface area (Å²) in [6, 6.07) is 24.1. The molecule has 2 unspecified atom stereocenters. The molecule has 2 aliphatic heterocycles. The summed E-state index contributed by atoms with van der Waals surface area (Å²) in [6.45, 7) is 0. The summed E-state index contributed by atoms with van der Waals surface area (Å²) < 4.78 is 21.9. The largest absolute Gasteiger partial charge is 0.508 e. The third kappa shape index (κ3) is 5.71. The Morgan fingerprint density at radius 2 is 0.975 bits per heavy atom. The van der Waals surface area contributed by atoms with Crippen LogP contribution in [0.5, 0.6) is 34.5 Å². The van der Waals surface area contributed by atoms with E-state index >= 15 is 0 Å². The Morgan fingerprint density at radius 1 is 0.600 bits per heavy atom. The van der Waals surface area contributed by atoms with E-state index in [1.54, 1.807) is 26.4 Å². The molecule has 2 heterocycles. The highest BCUT2D eigenvalue weighted by Crippen LogP contribution is 2.38. The van der Waals surface area contributed by atoms with Gasteiger partial charge >= 0.3 is 0 Å². The minimum absolute atomic E-state index is 0.0250. The number of benzene rings is 4. The molecule has 0 aromatic heterocycles. The van der Waals surface area contributed by atoms with Crippen LogP contribution in [0.3, 0.4) is 0 Å². The second-order valence-electron chi connectivity index (χ2n) is 9.37. The number of hydrogen-bond acceptors (Lipinski definition) is 8. The Bertz CT molecular complexity index is 1410. The van der Waals surface area contributed by atoms with Crippen LogP contribution in [0.15, 0.2) is 84.9 Å². The lowest BCUT2D eigenvalue weighted by molar-refractivity contribution is 0.0840. The molecular weight excluding hydrogens is 512 g/mol. The number of carbonyl (C=O) groups is 2. The van der Waals surface area contributed by atoms with Crippen molar-refractivity contribution in [3.05, 3.63) is 107 Å². The van der Waals surface area contributed by atoms with Gasteiger partial charge in [0, 0.05) is 0 Å². The van der Waals surface area contributed by atoms with E-state index in [1.165, 1.54) is 24.3 Å². The molecule has 0 amide bonds. The zero-order valence-corrected chi connectivity index (χ0v) is 22.0. The van der Waals surface area contributed by atoms with Crippen LogP contribution in [0.1, 0.15) is 56.9 Å². The van der Waals surface area contributed by atoms with Crippen LogP contribution in [0.4, 0.5) is 0 Å². The zero-order chi connectivity index (χ0) is 28.2. The average molecular weight is 541 g/mol. The number of phenolic OH excluding ortho intramolecular Hbond substituents is 2. The van der Waals surface area contributed by atoms with Crippen LogP contribution in [-0.2, 0) is 0 Å². The van der Waals surface area contributed by atoms with Gasteiger partial charge in [-0.1, -0.05) is 24.3 Å². The minimum atomic E-state index is -0.301. The number of aromatic hydroxyl groups is 2. The highest BCUT2D eigenvalue weighted by Gasteiger charge is 2.29. The van der Waals surface area contributed by atoms with E-state index in [0.29, 0.717) is 22.6 Å². The van der Waals surface area contributed by atoms with E-state index in [-0.39, 0.29) is 48.1 Å². The van der Waals surface area contributed by atoms with Crippen molar-refractivity contribution in [3.63, 3.8) is 0 Å². The Hall–Kier alpha value is -4.98. The number of rotatable bonds is 4. The molecule has 4 aromatic carbocycles. The molecule has 8 nitrogen and oxygen atoms in total. The Balaban J connectivity index is 0.000000161. The van der Waals surface area contributed by atoms with Crippen molar-refractivity contribution < 1.29 is 38.7 Å². The molecule has 0 saturated carbocycles. The first-order valence-electron chi connectivity index (χ1n) is 12.7. The first-order chi connectivity index (χ1) is 19.3. The number of hydrogen-bond donors (Lipinski definition) is 2. The van der Waals surface area contributed by atoms with Gasteiger partial charge in [-0.15, -0.1) is 0 Å². The van der Waals surface area contributed by atoms with Crippen molar-refractivity contribution in [2.24, 2.45) is 0 Å². The molecule has 2 aliphatic rings. The number of phenols is 2. The fraction of sp³-hybridized carbons (Fsp3) is 0.188. The van der Waals surface area contributed by atoms with Crippen LogP contribution in [0.2, 0.25) is 0 Å². The van der Waals surface area contributed by atoms with Crippen molar-refractivity contribution in [3.8, 4) is 34.5 Å². The third-order valence-corrected chi connectivity index (χ3v) is 6.78. The molecule has 40 heavy (non-hydrogen) atoms. The predicted molar refractivity (Wildman–Crippen MR) is 147 cm³/mol. The molecular formula is C32H28O8. The van der Waals surface area contributed by atoms with Crippen LogP contribution >= 0.6 is 0 Å². The van der Waals surface area contributed by atoms with Gasteiger partial charge in [0.1, 0.15) is 46.7 Å². The molecule has 4 aromatic rings. The summed E-state index contributed by atoms with van der Waals surface area (Å²) in [5.41, 5.74) is 2.74. The van der Waals surface area contributed by atoms with Crippen LogP contribution in [0, 0.1) is 0 Å². The van der Waals surface area contributed by atoms with E-state index in [2.05, 4.69) is 0 Å². The molecule has 0 radical (unpaired) electrons. The van der Waals surface area contributed by atoms with Gasteiger partial charge in [0.25, 0.3) is 0 Å². The zero-order valence-electron chi connectivity index (χ0n) is 22.0. The van der Waals surface area contributed by atoms with Crippen molar-refractivity contribution in [1.82, 2.24) is 0 Å². The number of Topliss-reactive ketones (excluding diaryl/α,β-unsaturated/α-hetero) is 2. The normalized spacial score (nSPS) is 17.2. The quantitative estimate of drug-likeness (QED) is 0.314. The Morgan fingerprint density at radius 3 is 1.32 bits per heavy atom. The van der Waals surface area contributed by atoms with Gasteiger partial charge in [-0.3, -0.25) is 9.59 Å². The molecule has 0 aliphatic carbocycles. The summed E-state index contributed by atoms with van der Waals surface area (Å²) >= 11 is 0. The maximum absolute atomic E-state index is 12.1. The summed E-state index contributed by atoms with van der Waals surface area (Å²) in [4.78, 5) is 24.3. The molecule has 0 saturated heterocycles. The van der Waals surface area contributed by atoms with Crippen molar-refractivity contribution in [2.75, 3.05) is 14.2 Å². The minimum Gasteiger partial charge on any atom is -0.508 e. The lowest BCUT2D eigenvalue weighted by Crippen LogP contribution is -2.20. The molecule has 2 atom stereocenters. The fourth-order valence-corrected chi connectivity index (χ4v) is 4.63. The number of carbonyl (C=O) groups excluding carboxylic acids is 2. The monoisotopic (exact) mass is 540 g/mol. The highest BCUT2D eigenvalue weighted by atomic mass is 16.5. The van der Waals surface area contributed by atoms with E-state index in [4.69, 9.17) is 18.9 Å². The average Bonchev–Trinajstić information content (AvgIpc) is 2.98. The summed E-state index contributed by atoms with van der Waals surface area (Å²) in [7, 11) is 3.22. The Kier molecular flexibility index (Phi) is 7.59. The van der Waals surface area contributed by atoms with Gasteiger partial charge in [-0.25, -0.2) is 0 Å². The van der Waals surface area contributed by atoms with Crippen molar-refractivity contribution in [1.29, 1.82) is 0 Å². The van der Waals surface area contributed by atoms with Gasteiger partial charge in [-0.05, 0) is 71.8 Å². The first-order valence-corrected chi connectivity index (χ1v) is 12.7. The number of fused-ring (bicyclic) bond motifs is 2. The number of ketones is 2. The van der Waals surface area contributed by atoms with E-state index in [1.807, 2.05) is 48.5 Å². The maximum Gasteiger partial charge on any atom is 0.170 e. The standard InChI is InChI=1S/2C16H14O4/c2*1-19-12-5-2-10(3-6-12)16-9-14(18)13-8-11(17)4-7-15(13)20-16/h2*2-8,16-17H,9H2,1H3. The van der Waals surface area contributed by atoms with Gasteiger partial charge in [0.2, 0.25) is 0 Å². The maximum atomic E-state index is 12.1. The molecule has 8 heteroatoms. The van der Waals surface area contributed by atoms with E-state index in [0.717, 1.165) is 22.6 Å². The van der Waals surface area contributed by atoms with Crippen molar-refractivity contribution in [2.45, 2.75) is 25.0 Å². The lowest BCUT2D eigenvalue weighted by atomic mass is 9.96. The second-order valence-corrected chi connectivity index (χ2v) is 9.37. The van der Waals surface area contributed by atoms with Crippen LogP contribution < -0.4 is 18.9 Å². The van der Waals surface area contributed by atoms with Gasteiger partial charge in [0.15, 0.2) is 11.6 Å². The van der Waals surface area contributed by atoms with Gasteiger partial charge in [0.05, 0.1) is 38.2 Å². The molecule has 0 spiro atoms. The second kappa shape index (κ2) is 11.4. The SMILES string of the molecule is COc1ccc(C2CC(=O)c3cc(O)ccc3O2)cc1.COc1ccc(C2CC(=O)c3cc(O)ccc3O2)cc1. The van der Waals surface area contributed by atoms with Gasteiger partial charge in [-0.2, -0.15) is 0 Å². The van der Waals surface area contributed by atoms with Crippen molar-refractivity contribution >= 4 is 11.6 Å². The molecule has 0 bridgehead atoms. The predicted octanol–water partition coefficient (Wildman–Crippen LogP) is 6.21. The summed E-state index contributed by atoms with van der Waals surface area (Å²) in [5.74, 6) is 2.65. The Labute approximate surface area is 231 Å². The molecule has 204 valence electrons. The molecule has 6 rings (SSSR count). The highest BCUT2D eigenvalue weighted by molar-refractivity contribution is 6.01.